The maximum Gasteiger partial charge on any atom is 0.290 e. The van der Waals surface area contributed by atoms with Gasteiger partial charge in [0, 0.05) is 6.54 Å². The van der Waals surface area contributed by atoms with Crippen LogP contribution in [0.3, 0.4) is 0 Å². The number of furan rings is 1. The fourth-order valence-electron chi connectivity index (χ4n) is 4.03. The smallest absolute Gasteiger partial charge is 0.290 e. The molecule has 0 bridgehead atoms. The molecule has 7 nitrogen and oxygen atoms in total. The number of benzene rings is 2. The minimum absolute atomic E-state index is 0.0192. The SMILES string of the molecule is CCOc1ccc(C2C(C(=O)c3ccco3)=C(O)C(=O)N2CCc2ccccc2)cc1OC. The third-order valence-electron chi connectivity index (χ3n) is 5.58. The van der Waals surface area contributed by atoms with Crippen molar-refractivity contribution >= 4 is 11.7 Å². The molecule has 2 aromatic carbocycles. The van der Waals surface area contributed by atoms with Crippen molar-refractivity contribution in [3.05, 3.63) is 95.1 Å². The van der Waals surface area contributed by atoms with Gasteiger partial charge in [0.15, 0.2) is 23.0 Å². The van der Waals surface area contributed by atoms with Crippen LogP contribution in [-0.4, -0.2) is 42.0 Å². The van der Waals surface area contributed by atoms with Crippen LogP contribution < -0.4 is 9.47 Å². The van der Waals surface area contributed by atoms with Gasteiger partial charge in [-0.3, -0.25) is 9.59 Å². The molecule has 170 valence electrons. The normalized spacial score (nSPS) is 15.8. The van der Waals surface area contributed by atoms with E-state index in [1.165, 1.54) is 24.3 Å². The van der Waals surface area contributed by atoms with Crippen LogP contribution in [0.1, 0.15) is 34.6 Å². The Kier molecular flexibility index (Phi) is 6.49. The lowest BCUT2D eigenvalue weighted by atomic mass is 9.94. The summed E-state index contributed by atoms with van der Waals surface area (Å²) < 4.78 is 16.3. The second-order valence-electron chi connectivity index (χ2n) is 7.55. The van der Waals surface area contributed by atoms with Crippen molar-refractivity contribution < 1.29 is 28.6 Å². The van der Waals surface area contributed by atoms with E-state index in [4.69, 9.17) is 13.9 Å². The second kappa shape index (κ2) is 9.65. The van der Waals surface area contributed by atoms with Crippen LogP contribution in [-0.2, 0) is 11.2 Å². The molecule has 0 saturated carbocycles. The number of hydrogen-bond acceptors (Lipinski definition) is 6. The topological polar surface area (TPSA) is 89.2 Å². The highest BCUT2D eigenvalue weighted by Gasteiger charge is 2.44. The number of ketones is 1. The molecule has 1 amide bonds. The highest BCUT2D eigenvalue weighted by molar-refractivity contribution is 6.15. The van der Waals surface area contributed by atoms with Crippen LogP contribution in [0.15, 0.2) is 82.7 Å². The summed E-state index contributed by atoms with van der Waals surface area (Å²) >= 11 is 0. The monoisotopic (exact) mass is 447 g/mol. The molecule has 7 heteroatoms. The molecular weight excluding hydrogens is 422 g/mol. The standard InChI is InChI=1S/C26H25NO6/c1-3-32-19-12-11-18(16-21(19)31-2)23-22(24(28)20-10-7-15-33-20)25(29)26(30)27(23)14-13-17-8-5-4-6-9-17/h4-12,15-16,23,29H,3,13-14H2,1-2H3. The molecule has 1 aliphatic heterocycles. The summed E-state index contributed by atoms with van der Waals surface area (Å²) in [5, 5.41) is 10.8. The molecule has 4 rings (SSSR count). The summed E-state index contributed by atoms with van der Waals surface area (Å²) in [4.78, 5) is 27.9. The van der Waals surface area contributed by atoms with Crippen molar-refractivity contribution in [3.8, 4) is 11.5 Å². The van der Waals surface area contributed by atoms with Crippen molar-refractivity contribution in [2.24, 2.45) is 0 Å². The molecule has 1 aromatic heterocycles. The van der Waals surface area contributed by atoms with Crippen molar-refractivity contribution in [3.63, 3.8) is 0 Å². The Labute approximate surface area is 191 Å². The van der Waals surface area contributed by atoms with Gasteiger partial charge in [-0.25, -0.2) is 0 Å². The molecule has 0 radical (unpaired) electrons. The average Bonchev–Trinajstić information content (AvgIpc) is 3.46. The predicted molar refractivity (Wildman–Crippen MR) is 121 cm³/mol. The van der Waals surface area contributed by atoms with Crippen molar-refractivity contribution in [1.29, 1.82) is 0 Å². The van der Waals surface area contributed by atoms with Crippen LogP contribution in [0.2, 0.25) is 0 Å². The van der Waals surface area contributed by atoms with Gasteiger partial charge in [-0.1, -0.05) is 36.4 Å². The zero-order chi connectivity index (χ0) is 23.4. The molecule has 3 aromatic rings. The zero-order valence-electron chi connectivity index (χ0n) is 18.5. The third-order valence-corrected chi connectivity index (χ3v) is 5.58. The molecule has 1 unspecified atom stereocenters. The Morgan fingerprint density at radius 3 is 2.55 bits per heavy atom. The summed E-state index contributed by atoms with van der Waals surface area (Å²) in [6, 6.07) is 17.3. The van der Waals surface area contributed by atoms with Gasteiger partial charge in [-0.05, 0) is 48.7 Å². The fourth-order valence-corrected chi connectivity index (χ4v) is 4.03. The van der Waals surface area contributed by atoms with Crippen molar-refractivity contribution in [1.82, 2.24) is 4.90 Å². The van der Waals surface area contributed by atoms with E-state index >= 15 is 0 Å². The van der Waals surface area contributed by atoms with Crippen molar-refractivity contribution in [2.75, 3.05) is 20.3 Å². The molecule has 0 fully saturated rings. The van der Waals surface area contributed by atoms with E-state index in [2.05, 4.69) is 0 Å². The van der Waals surface area contributed by atoms with Gasteiger partial charge in [0.25, 0.3) is 5.91 Å². The van der Waals surface area contributed by atoms with E-state index in [9.17, 15) is 14.7 Å². The summed E-state index contributed by atoms with van der Waals surface area (Å²) in [5.41, 5.74) is 1.64. The van der Waals surface area contributed by atoms with Gasteiger partial charge in [0.2, 0.25) is 5.78 Å². The van der Waals surface area contributed by atoms with E-state index < -0.39 is 23.5 Å². The number of rotatable bonds is 9. The number of carbonyl (C=O) groups excluding carboxylic acids is 2. The molecule has 1 atom stereocenters. The summed E-state index contributed by atoms with van der Waals surface area (Å²) in [6.07, 6.45) is 1.94. The van der Waals surface area contributed by atoms with Crippen LogP contribution in [0, 0.1) is 0 Å². The number of hydrogen-bond donors (Lipinski definition) is 1. The Hall–Kier alpha value is -4.00. The first kappa shape index (κ1) is 22.2. The molecule has 33 heavy (non-hydrogen) atoms. The Balaban J connectivity index is 1.75. The number of aliphatic hydroxyl groups is 1. The minimum atomic E-state index is -0.802. The molecule has 0 spiro atoms. The van der Waals surface area contributed by atoms with Crippen LogP contribution in [0.4, 0.5) is 0 Å². The Morgan fingerprint density at radius 1 is 1.09 bits per heavy atom. The zero-order valence-corrected chi connectivity index (χ0v) is 18.5. The summed E-state index contributed by atoms with van der Waals surface area (Å²) in [7, 11) is 1.52. The number of Topliss-reactive ketones (excluding diaryl/α,β-unsaturated/α-hetero) is 1. The molecule has 1 N–H and O–H groups in total. The number of carbonyl (C=O) groups is 2. The first-order valence-corrected chi connectivity index (χ1v) is 10.7. The number of amides is 1. The quantitative estimate of drug-likeness (QED) is 0.486. The van der Waals surface area contributed by atoms with Crippen LogP contribution in [0.5, 0.6) is 11.5 Å². The lowest BCUT2D eigenvalue weighted by molar-refractivity contribution is -0.129. The first-order chi connectivity index (χ1) is 16.0. The maximum absolute atomic E-state index is 13.2. The average molecular weight is 447 g/mol. The lowest BCUT2D eigenvalue weighted by Crippen LogP contribution is -2.33. The van der Waals surface area contributed by atoms with Gasteiger partial charge in [0.05, 0.1) is 31.6 Å². The number of methoxy groups -OCH3 is 1. The Morgan fingerprint density at radius 2 is 1.88 bits per heavy atom. The highest BCUT2D eigenvalue weighted by atomic mass is 16.5. The van der Waals surface area contributed by atoms with E-state index in [0.29, 0.717) is 36.6 Å². The van der Waals surface area contributed by atoms with E-state index in [0.717, 1.165) is 5.56 Å². The van der Waals surface area contributed by atoms with Crippen LogP contribution in [0.25, 0.3) is 0 Å². The molecule has 0 saturated heterocycles. The van der Waals surface area contributed by atoms with E-state index in [1.807, 2.05) is 37.3 Å². The summed E-state index contributed by atoms with van der Waals surface area (Å²) in [6.45, 7) is 2.64. The predicted octanol–water partition coefficient (Wildman–Crippen LogP) is 4.51. The van der Waals surface area contributed by atoms with Crippen LogP contribution >= 0.6 is 0 Å². The molecule has 1 aliphatic rings. The maximum atomic E-state index is 13.2. The van der Waals surface area contributed by atoms with Gasteiger partial charge < -0.3 is 23.9 Å². The first-order valence-electron chi connectivity index (χ1n) is 10.7. The Bertz CT molecular complexity index is 1170. The molecular formula is C26H25NO6. The minimum Gasteiger partial charge on any atom is -0.503 e. The van der Waals surface area contributed by atoms with Gasteiger partial charge >= 0.3 is 0 Å². The molecule has 2 heterocycles. The number of ether oxygens (including phenoxy) is 2. The lowest BCUT2D eigenvalue weighted by Gasteiger charge is -2.27. The highest BCUT2D eigenvalue weighted by Crippen LogP contribution is 2.41. The second-order valence-corrected chi connectivity index (χ2v) is 7.55. The van der Waals surface area contributed by atoms with Gasteiger partial charge in [0.1, 0.15) is 0 Å². The fraction of sp³-hybridized carbons (Fsp3) is 0.231. The number of aliphatic hydroxyl groups excluding tert-OH is 1. The van der Waals surface area contributed by atoms with Gasteiger partial charge in [-0.2, -0.15) is 0 Å². The number of nitrogens with zero attached hydrogens (tertiary/aromatic N) is 1. The third kappa shape index (κ3) is 4.35. The largest absolute Gasteiger partial charge is 0.503 e. The van der Waals surface area contributed by atoms with E-state index in [-0.39, 0.29) is 11.3 Å². The molecule has 0 aliphatic carbocycles. The summed E-state index contributed by atoms with van der Waals surface area (Å²) in [5.74, 6) is -0.624. The van der Waals surface area contributed by atoms with Gasteiger partial charge in [-0.15, -0.1) is 0 Å². The van der Waals surface area contributed by atoms with E-state index in [1.54, 1.807) is 24.3 Å². The van der Waals surface area contributed by atoms with Crippen molar-refractivity contribution in [2.45, 2.75) is 19.4 Å².